The molecule has 0 saturated heterocycles. The highest BCUT2D eigenvalue weighted by Gasteiger charge is 2.05. The van der Waals surface area contributed by atoms with E-state index in [9.17, 15) is 5.11 Å². The first kappa shape index (κ1) is 14.9. The normalized spacial score (nSPS) is 11.5. The van der Waals surface area contributed by atoms with E-state index in [1.54, 1.807) is 19.1 Å². The Morgan fingerprint density at radius 3 is 2.48 bits per heavy atom. The van der Waals surface area contributed by atoms with Crippen molar-refractivity contribution < 1.29 is 14.6 Å². The fraction of sp³-hybridized carbons (Fsp3) is 0.235. The molecule has 21 heavy (non-hydrogen) atoms. The third-order valence-electron chi connectivity index (χ3n) is 3.15. The van der Waals surface area contributed by atoms with Gasteiger partial charge in [-0.25, -0.2) is 0 Å². The summed E-state index contributed by atoms with van der Waals surface area (Å²) in [5.74, 6) is 1.27. The number of benzene rings is 2. The van der Waals surface area contributed by atoms with Crippen LogP contribution in [0.5, 0.6) is 11.5 Å². The van der Waals surface area contributed by atoms with Gasteiger partial charge in [-0.15, -0.1) is 0 Å². The molecule has 2 aromatic rings. The van der Waals surface area contributed by atoms with Crippen LogP contribution in [0.2, 0.25) is 0 Å². The molecule has 0 aliphatic heterocycles. The number of methoxy groups -OCH3 is 1. The lowest BCUT2D eigenvalue weighted by molar-refractivity contribution is 0.199. The topological polar surface area (TPSA) is 62.5 Å². The van der Waals surface area contributed by atoms with Crippen molar-refractivity contribution in [3.05, 3.63) is 59.2 Å². The van der Waals surface area contributed by atoms with Gasteiger partial charge in [0.05, 0.1) is 18.8 Å². The number of aliphatic hydroxyl groups excluding tert-OH is 1. The average Bonchev–Trinajstić information content (AvgIpc) is 2.52. The summed E-state index contributed by atoms with van der Waals surface area (Å²) in [6.07, 6.45) is -0.487. The molecule has 1 N–H and O–H groups in total. The molecule has 1 unspecified atom stereocenters. The SMILES string of the molecule is COc1ccc(COc2ccc(C(C)O)cc2)cc1C#N. The molecule has 0 aliphatic rings. The summed E-state index contributed by atoms with van der Waals surface area (Å²) in [6, 6.07) is 14.8. The molecule has 4 heteroatoms. The highest BCUT2D eigenvalue weighted by Crippen LogP contribution is 2.21. The van der Waals surface area contributed by atoms with Crippen molar-refractivity contribution in [2.45, 2.75) is 19.6 Å². The third-order valence-corrected chi connectivity index (χ3v) is 3.15. The Labute approximate surface area is 124 Å². The third kappa shape index (κ3) is 3.74. The van der Waals surface area contributed by atoms with Crippen molar-refractivity contribution >= 4 is 0 Å². The number of ether oxygens (including phenoxy) is 2. The van der Waals surface area contributed by atoms with Gasteiger partial charge in [0, 0.05) is 0 Å². The zero-order chi connectivity index (χ0) is 15.2. The lowest BCUT2D eigenvalue weighted by atomic mass is 10.1. The largest absolute Gasteiger partial charge is 0.495 e. The van der Waals surface area contributed by atoms with Crippen LogP contribution in [0.4, 0.5) is 0 Å². The molecule has 1 atom stereocenters. The fourth-order valence-electron chi connectivity index (χ4n) is 1.94. The van der Waals surface area contributed by atoms with Gasteiger partial charge in [0.2, 0.25) is 0 Å². The number of rotatable bonds is 5. The molecule has 108 valence electrons. The smallest absolute Gasteiger partial charge is 0.136 e. The van der Waals surface area contributed by atoms with Crippen LogP contribution in [0.1, 0.15) is 29.7 Å². The van der Waals surface area contributed by atoms with Crippen molar-refractivity contribution in [1.82, 2.24) is 0 Å². The maximum Gasteiger partial charge on any atom is 0.136 e. The molecule has 0 bridgehead atoms. The van der Waals surface area contributed by atoms with Gasteiger partial charge in [-0.05, 0) is 42.3 Å². The summed E-state index contributed by atoms with van der Waals surface area (Å²) in [5, 5.41) is 18.5. The number of hydrogen-bond acceptors (Lipinski definition) is 4. The van der Waals surface area contributed by atoms with E-state index in [1.807, 2.05) is 30.3 Å². The van der Waals surface area contributed by atoms with E-state index >= 15 is 0 Å². The molecule has 4 nitrogen and oxygen atoms in total. The maximum atomic E-state index is 9.45. The molecule has 0 amide bonds. The predicted octanol–water partition coefficient (Wildman–Crippen LogP) is 3.20. The summed E-state index contributed by atoms with van der Waals surface area (Å²) in [7, 11) is 1.54. The highest BCUT2D eigenvalue weighted by atomic mass is 16.5. The molecule has 0 aromatic heterocycles. The van der Waals surface area contributed by atoms with Gasteiger partial charge < -0.3 is 14.6 Å². The molecular weight excluding hydrogens is 266 g/mol. The van der Waals surface area contributed by atoms with Crippen LogP contribution in [-0.2, 0) is 6.61 Å². The standard InChI is InChI=1S/C17H17NO3/c1-12(19)14-4-6-16(7-5-14)21-11-13-3-8-17(20-2)15(9-13)10-18/h3-9,12,19H,11H2,1-2H3. The van der Waals surface area contributed by atoms with Gasteiger partial charge in [-0.2, -0.15) is 5.26 Å². The molecule has 0 heterocycles. The first-order chi connectivity index (χ1) is 10.1. The second kappa shape index (κ2) is 6.78. The minimum Gasteiger partial charge on any atom is -0.495 e. The van der Waals surface area contributed by atoms with E-state index in [2.05, 4.69) is 6.07 Å². The van der Waals surface area contributed by atoms with Crippen molar-refractivity contribution in [1.29, 1.82) is 5.26 Å². The first-order valence-electron chi connectivity index (χ1n) is 6.62. The quantitative estimate of drug-likeness (QED) is 0.915. The average molecular weight is 283 g/mol. The van der Waals surface area contributed by atoms with E-state index in [0.717, 1.165) is 11.1 Å². The van der Waals surface area contributed by atoms with Gasteiger partial charge in [-0.1, -0.05) is 18.2 Å². The predicted molar refractivity (Wildman–Crippen MR) is 79.1 cm³/mol. The molecule has 0 spiro atoms. The monoisotopic (exact) mass is 283 g/mol. The summed E-state index contributed by atoms with van der Waals surface area (Å²) in [4.78, 5) is 0. The van der Waals surface area contributed by atoms with Gasteiger partial charge in [0.15, 0.2) is 0 Å². The van der Waals surface area contributed by atoms with Crippen molar-refractivity contribution in [3.8, 4) is 17.6 Å². The van der Waals surface area contributed by atoms with Crippen LogP contribution >= 0.6 is 0 Å². The Morgan fingerprint density at radius 1 is 1.19 bits per heavy atom. The van der Waals surface area contributed by atoms with Crippen LogP contribution in [0.15, 0.2) is 42.5 Å². The number of nitrogens with zero attached hydrogens (tertiary/aromatic N) is 1. The van der Waals surface area contributed by atoms with Crippen LogP contribution in [-0.4, -0.2) is 12.2 Å². The molecule has 0 aliphatic carbocycles. The van der Waals surface area contributed by atoms with Gasteiger partial charge in [-0.3, -0.25) is 0 Å². The van der Waals surface area contributed by atoms with E-state index in [-0.39, 0.29) is 0 Å². The van der Waals surface area contributed by atoms with E-state index in [0.29, 0.717) is 23.7 Å². The second-order valence-corrected chi connectivity index (χ2v) is 4.68. The number of aliphatic hydroxyl groups is 1. The second-order valence-electron chi connectivity index (χ2n) is 4.68. The van der Waals surface area contributed by atoms with Crippen molar-refractivity contribution in [2.24, 2.45) is 0 Å². The lowest BCUT2D eigenvalue weighted by Gasteiger charge is -2.10. The van der Waals surface area contributed by atoms with Gasteiger partial charge in [0.1, 0.15) is 24.2 Å². The lowest BCUT2D eigenvalue weighted by Crippen LogP contribution is -1.98. The van der Waals surface area contributed by atoms with Gasteiger partial charge >= 0.3 is 0 Å². The van der Waals surface area contributed by atoms with Crippen LogP contribution in [0.25, 0.3) is 0 Å². The van der Waals surface area contributed by atoms with Crippen molar-refractivity contribution in [2.75, 3.05) is 7.11 Å². The summed E-state index contributed by atoms with van der Waals surface area (Å²) < 4.78 is 10.8. The Hall–Kier alpha value is -2.51. The first-order valence-corrected chi connectivity index (χ1v) is 6.62. The Bertz CT molecular complexity index is 642. The zero-order valence-corrected chi connectivity index (χ0v) is 12.0. The molecule has 0 radical (unpaired) electrons. The van der Waals surface area contributed by atoms with E-state index < -0.39 is 6.10 Å². The van der Waals surface area contributed by atoms with Crippen LogP contribution in [0, 0.1) is 11.3 Å². The molecule has 2 rings (SSSR count). The summed E-state index contributed by atoms with van der Waals surface area (Å²) in [5.41, 5.74) is 2.23. The van der Waals surface area contributed by atoms with Crippen molar-refractivity contribution in [3.63, 3.8) is 0 Å². The Balaban J connectivity index is 2.04. The van der Waals surface area contributed by atoms with Gasteiger partial charge in [0.25, 0.3) is 0 Å². The Kier molecular flexibility index (Phi) is 4.81. The fourth-order valence-corrected chi connectivity index (χ4v) is 1.94. The maximum absolute atomic E-state index is 9.45. The minimum atomic E-state index is -0.487. The summed E-state index contributed by atoms with van der Waals surface area (Å²) >= 11 is 0. The highest BCUT2D eigenvalue weighted by molar-refractivity contribution is 5.45. The van der Waals surface area contributed by atoms with E-state index in [4.69, 9.17) is 14.7 Å². The minimum absolute atomic E-state index is 0.368. The van der Waals surface area contributed by atoms with Crippen LogP contribution < -0.4 is 9.47 Å². The Morgan fingerprint density at radius 2 is 1.90 bits per heavy atom. The van der Waals surface area contributed by atoms with E-state index in [1.165, 1.54) is 7.11 Å². The zero-order valence-electron chi connectivity index (χ0n) is 12.0. The molecule has 2 aromatic carbocycles. The van der Waals surface area contributed by atoms with Crippen LogP contribution in [0.3, 0.4) is 0 Å². The number of hydrogen-bond donors (Lipinski definition) is 1. The summed E-state index contributed by atoms with van der Waals surface area (Å²) in [6.45, 7) is 2.09. The molecular formula is C17H17NO3. The number of nitriles is 1. The molecule has 0 fully saturated rings. The molecule has 0 saturated carbocycles.